The minimum Gasteiger partial charge on any atom is -0.495 e. The third-order valence-electron chi connectivity index (χ3n) is 4.19. The van der Waals surface area contributed by atoms with Gasteiger partial charge in [-0.25, -0.2) is 4.98 Å². The topological polar surface area (TPSA) is 56.1 Å². The standard InChI is InChI=1S/C21H17N3O2.ClH/c1-26-20-10-6-5-9-19(20)24-14-22-17-13-16(11-12-18(17)24)23-21(25)15-7-3-2-4-8-15;/h2-14H,1H3,(H,23,25);1H. The van der Waals surface area contributed by atoms with E-state index in [1.807, 2.05) is 65.2 Å². The van der Waals surface area contributed by atoms with Crippen LogP contribution in [0.5, 0.6) is 5.75 Å². The van der Waals surface area contributed by atoms with Gasteiger partial charge in [0.05, 0.1) is 23.8 Å². The molecule has 1 heterocycles. The largest absolute Gasteiger partial charge is 0.495 e. The summed E-state index contributed by atoms with van der Waals surface area (Å²) in [5, 5.41) is 2.91. The number of carbonyl (C=O) groups excluding carboxylic acids is 1. The van der Waals surface area contributed by atoms with Crippen molar-refractivity contribution in [2.45, 2.75) is 0 Å². The number of ether oxygens (including phenoxy) is 1. The molecule has 4 rings (SSSR count). The van der Waals surface area contributed by atoms with E-state index in [0.29, 0.717) is 11.3 Å². The minimum absolute atomic E-state index is 0. The highest BCUT2D eigenvalue weighted by atomic mass is 35.5. The lowest BCUT2D eigenvalue weighted by molar-refractivity contribution is 0.102. The number of fused-ring (bicyclic) bond motifs is 1. The summed E-state index contributed by atoms with van der Waals surface area (Å²) < 4.78 is 7.41. The molecular weight excluding hydrogens is 362 g/mol. The van der Waals surface area contributed by atoms with E-state index in [9.17, 15) is 4.79 Å². The molecule has 5 nitrogen and oxygen atoms in total. The van der Waals surface area contributed by atoms with Crippen LogP contribution in [0.25, 0.3) is 16.7 Å². The van der Waals surface area contributed by atoms with Gasteiger partial charge in [-0.2, -0.15) is 0 Å². The van der Waals surface area contributed by atoms with Crippen molar-refractivity contribution in [2.24, 2.45) is 0 Å². The predicted molar refractivity (Wildman–Crippen MR) is 109 cm³/mol. The number of amides is 1. The van der Waals surface area contributed by atoms with Gasteiger partial charge >= 0.3 is 0 Å². The Hall–Kier alpha value is -3.31. The van der Waals surface area contributed by atoms with E-state index in [1.54, 1.807) is 25.6 Å². The van der Waals surface area contributed by atoms with Gasteiger partial charge in [-0.15, -0.1) is 12.4 Å². The van der Waals surface area contributed by atoms with Crippen molar-refractivity contribution < 1.29 is 9.53 Å². The smallest absolute Gasteiger partial charge is 0.255 e. The Morgan fingerprint density at radius 3 is 2.52 bits per heavy atom. The maximum atomic E-state index is 12.3. The van der Waals surface area contributed by atoms with Crippen LogP contribution in [0.15, 0.2) is 79.1 Å². The summed E-state index contributed by atoms with van der Waals surface area (Å²) in [5.41, 5.74) is 3.97. The summed E-state index contributed by atoms with van der Waals surface area (Å²) in [7, 11) is 1.65. The van der Waals surface area contributed by atoms with Crippen LogP contribution < -0.4 is 10.1 Å². The molecule has 1 aromatic heterocycles. The van der Waals surface area contributed by atoms with Crippen LogP contribution in [0.3, 0.4) is 0 Å². The summed E-state index contributed by atoms with van der Waals surface area (Å²) in [6.07, 6.45) is 1.76. The fourth-order valence-electron chi connectivity index (χ4n) is 2.90. The van der Waals surface area contributed by atoms with E-state index in [2.05, 4.69) is 10.3 Å². The molecule has 0 aliphatic heterocycles. The van der Waals surface area contributed by atoms with Crippen molar-refractivity contribution in [3.8, 4) is 11.4 Å². The monoisotopic (exact) mass is 379 g/mol. The van der Waals surface area contributed by atoms with Crippen LogP contribution in [-0.2, 0) is 0 Å². The summed E-state index contributed by atoms with van der Waals surface area (Å²) >= 11 is 0. The number of benzene rings is 3. The van der Waals surface area contributed by atoms with Gasteiger partial charge in [-0.3, -0.25) is 9.36 Å². The van der Waals surface area contributed by atoms with Gasteiger partial charge in [-0.1, -0.05) is 30.3 Å². The summed E-state index contributed by atoms with van der Waals surface area (Å²) in [5.74, 6) is 0.627. The van der Waals surface area contributed by atoms with E-state index in [1.165, 1.54) is 0 Å². The van der Waals surface area contributed by atoms with Gasteiger partial charge in [0.25, 0.3) is 5.91 Å². The number of anilines is 1. The van der Waals surface area contributed by atoms with Crippen LogP contribution in [0.2, 0.25) is 0 Å². The molecule has 0 radical (unpaired) electrons. The molecule has 0 saturated heterocycles. The van der Waals surface area contributed by atoms with E-state index in [-0.39, 0.29) is 18.3 Å². The highest BCUT2D eigenvalue weighted by Gasteiger charge is 2.11. The number of methoxy groups -OCH3 is 1. The Kier molecular flexibility index (Phi) is 5.43. The van der Waals surface area contributed by atoms with Gasteiger partial charge in [0.1, 0.15) is 12.1 Å². The Morgan fingerprint density at radius 1 is 1.00 bits per heavy atom. The molecule has 1 amide bonds. The third kappa shape index (κ3) is 3.64. The molecule has 0 aliphatic rings. The van der Waals surface area contributed by atoms with Gasteiger partial charge in [0, 0.05) is 11.3 Å². The van der Waals surface area contributed by atoms with E-state index in [4.69, 9.17) is 4.74 Å². The lowest BCUT2D eigenvalue weighted by atomic mass is 10.2. The molecule has 0 saturated carbocycles. The number of halogens is 1. The van der Waals surface area contributed by atoms with Crippen LogP contribution >= 0.6 is 12.4 Å². The average Bonchev–Trinajstić information content (AvgIpc) is 3.11. The Balaban J connectivity index is 0.00000210. The van der Waals surface area contributed by atoms with Crippen molar-refractivity contribution >= 4 is 35.0 Å². The number of nitrogens with zero attached hydrogens (tertiary/aromatic N) is 2. The molecule has 3 aromatic carbocycles. The summed E-state index contributed by atoms with van der Waals surface area (Å²) in [4.78, 5) is 16.8. The van der Waals surface area contributed by atoms with E-state index >= 15 is 0 Å². The second-order valence-electron chi connectivity index (χ2n) is 5.81. The first-order valence-electron chi connectivity index (χ1n) is 8.23. The molecule has 0 spiro atoms. The molecule has 6 heteroatoms. The molecule has 0 unspecified atom stereocenters. The molecule has 27 heavy (non-hydrogen) atoms. The fraction of sp³-hybridized carbons (Fsp3) is 0.0476. The quantitative estimate of drug-likeness (QED) is 0.558. The number of para-hydroxylation sites is 2. The zero-order valence-corrected chi connectivity index (χ0v) is 15.4. The van der Waals surface area contributed by atoms with Gasteiger partial charge in [0.15, 0.2) is 0 Å². The molecular formula is C21H18ClN3O2. The van der Waals surface area contributed by atoms with Crippen molar-refractivity contribution in [1.29, 1.82) is 0 Å². The van der Waals surface area contributed by atoms with Gasteiger partial charge < -0.3 is 10.1 Å². The highest BCUT2D eigenvalue weighted by Crippen LogP contribution is 2.27. The number of rotatable bonds is 4. The molecule has 0 fully saturated rings. The Labute approximate surface area is 163 Å². The molecule has 136 valence electrons. The lowest BCUT2D eigenvalue weighted by Crippen LogP contribution is -2.11. The van der Waals surface area contributed by atoms with Gasteiger partial charge in [-0.05, 0) is 42.5 Å². The lowest BCUT2D eigenvalue weighted by Gasteiger charge is -2.10. The Bertz CT molecular complexity index is 1080. The van der Waals surface area contributed by atoms with Crippen molar-refractivity contribution in [1.82, 2.24) is 9.55 Å². The third-order valence-corrected chi connectivity index (χ3v) is 4.19. The van der Waals surface area contributed by atoms with Crippen molar-refractivity contribution in [2.75, 3.05) is 12.4 Å². The highest BCUT2D eigenvalue weighted by molar-refractivity contribution is 6.05. The normalized spacial score (nSPS) is 10.3. The fourth-order valence-corrected chi connectivity index (χ4v) is 2.90. The second kappa shape index (κ2) is 7.93. The second-order valence-corrected chi connectivity index (χ2v) is 5.81. The van der Waals surface area contributed by atoms with E-state index in [0.717, 1.165) is 22.5 Å². The zero-order valence-electron chi connectivity index (χ0n) is 14.6. The molecule has 1 N–H and O–H groups in total. The number of hydrogen-bond donors (Lipinski definition) is 1. The van der Waals surface area contributed by atoms with Crippen LogP contribution in [0, 0.1) is 0 Å². The molecule has 4 aromatic rings. The SMILES string of the molecule is COc1ccccc1-n1cnc2cc(NC(=O)c3ccccc3)ccc21.Cl. The number of carbonyl (C=O) groups is 1. The maximum absolute atomic E-state index is 12.3. The van der Waals surface area contributed by atoms with Crippen LogP contribution in [0.1, 0.15) is 10.4 Å². The summed E-state index contributed by atoms with van der Waals surface area (Å²) in [6, 6.07) is 22.6. The summed E-state index contributed by atoms with van der Waals surface area (Å²) in [6.45, 7) is 0. The number of nitrogens with one attached hydrogen (secondary N) is 1. The van der Waals surface area contributed by atoms with Crippen LogP contribution in [-0.4, -0.2) is 22.6 Å². The van der Waals surface area contributed by atoms with Crippen LogP contribution in [0.4, 0.5) is 5.69 Å². The predicted octanol–water partition coefficient (Wildman–Crippen LogP) is 4.71. The molecule has 0 atom stereocenters. The first-order valence-corrected chi connectivity index (χ1v) is 8.23. The van der Waals surface area contributed by atoms with Gasteiger partial charge in [0.2, 0.25) is 0 Å². The zero-order chi connectivity index (χ0) is 17.9. The molecule has 0 bridgehead atoms. The first-order chi connectivity index (χ1) is 12.8. The number of imidazole rings is 1. The number of aromatic nitrogens is 2. The average molecular weight is 380 g/mol. The maximum Gasteiger partial charge on any atom is 0.255 e. The number of hydrogen-bond acceptors (Lipinski definition) is 3. The van der Waals surface area contributed by atoms with Crippen molar-refractivity contribution in [3.63, 3.8) is 0 Å². The first kappa shape index (κ1) is 18.5. The van der Waals surface area contributed by atoms with Crippen molar-refractivity contribution in [3.05, 3.63) is 84.7 Å². The van der Waals surface area contributed by atoms with E-state index < -0.39 is 0 Å². The minimum atomic E-state index is -0.144. The Morgan fingerprint density at radius 2 is 1.74 bits per heavy atom. The molecule has 0 aliphatic carbocycles.